The molecule has 0 bridgehead atoms. The number of pyridine rings is 1. The monoisotopic (exact) mass is 336 g/mol. The van der Waals surface area contributed by atoms with Crippen LogP contribution in [0.15, 0.2) is 30.6 Å². The van der Waals surface area contributed by atoms with Crippen LogP contribution in [0.3, 0.4) is 0 Å². The van der Waals surface area contributed by atoms with Crippen molar-refractivity contribution in [2.24, 2.45) is 5.92 Å². The molecule has 23 heavy (non-hydrogen) atoms. The quantitative estimate of drug-likeness (QED) is 0.898. The molecule has 2 aromatic heterocycles. The summed E-state index contributed by atoms with van der Waals surface area (Å²) in [5, 5.41) is 7.97. The molecule has 0 unspecified atom stereocenters. The van der Waals surface area contributed by atoms with E-state index >= 15 is 0 Å². The summed E-state index contributed by atoms with van der Waals surface area (Å²) >= 11 is 0. The van der Waals surface area contributed by atoms with Crippen molar-refractivity contribution in [3.8, 4) is 0 Å². The van der Waals surface area contributed by atoms with E-state index in [1.807, 2.05) is 29.0 Å². The van der Waals surface area contributed by atoms with E-state index in [9.17, 15) is 8.42 Å². The highest BCUT2D eigenvalue weighted by molar-refractivity contribution is 7.88. The third kappa shape index (κ3) is 3.57. The zero-order valence-electron chi connectivity index (χ0n) is 13.6. The number of nitrogens with zero attached hydrogens (tertiary/aromatic N) is 3. The molecule has 1 fully saturated rings. The van der Waals surface area contributed by atoms with Gasteiger partial charge in [-0.25, -0.2) is 17.2 Å². The molecule has 1 aliphatic rings. The summed E-state index contributed by atoms with van der Waals surface area (Å²) in [5.41, 5.74) is 2.28. The standard InChI is InChI=1S/C16H24N4O2S/c1-3-13-12-19(23(2,21)22)9-7-15(13)17-10-14-11-18-20-8-5-4-6-16(14)20/h4-6,8,11,13,15,17H,3,7,9-10,12H2,1-2H3/t13-,15+/m0/s1. The van der Waals surface area contributed by atoms with Gasteiger partial charge in [0.2, 0.25) is 10.0 Å². The van der Waals surface area contributed by atoms with E-state index in [4.69, 9.17) is 0 Å². The van der Waals surface area contributed by atoms with Crippen molar-refractivity contribution in [3.63, 3.8) is 0 Å². The Labute approximate surface area is 137 Å². The smallest absolute Gasteiger partial charge is 0.211 e. The van der Waals surface area contributed by atoms with Crippen molar-refractivity contribution in [1.82, 2.24) is 19.2 Å². The molecular formula is C16H24N4O2S. The van der Waals surface area contributed by atoms with Gasteiger partial charge in [-0.2, -0.15) is 5.10 Å². The van der Waals surface area contributed by atoms with Gasteiger partial charge in [-0.1, -0.05) is 19.4 Å². The van der Waals surface area contributed by atoms with Gasteiger partial charge in [-0.3, -0.25) is 0 Å². The van der Waals surface area contributed by atoms with Gasteiger partial charge in [0.05, 0.1) is 18.0 Å². The second-order valence-electron chi connectivity index (χ2n) is 6.27. The number of fused-ring (bicyclic) bond motifs is 1. The minimum Gasteiger partial charge on any atom is -0.309 e. The first-order chi connectivity index (χ1) is 11.0. The average molecular weight is 336 g/mol. The molecule has 126 valence electrons. The molecule has 1 aliphatic heterocycles. The first-order valence-corrected chi connectivity index (χ1v) is 9.93. The number of hydrogen-bond donors (Lipinski definition) is 1. The maximum Gasteiger partial charge on any atom is 0.211 e. The fourth-order valence-electron chi connectivity index (χ4n) is 3.35. The molecule has 0 saturated carbocycles. The Hall–Kier alpha value is -1.44. The predicted octanol–water partition coefficient (Wildman–Crippen LogP) is 1.48. The Morgan fingerprint density at radius 1 is 1.39 bits per heavy atom. The zero-order valence-corrected chi connectivity index (χ0v) is 14.5. The summed E-state index contributed by atoms with van der Waals surface area (Å²) in [7, 11) is -3.09. The maximum absolute atomic E-state index is 11.7. The number of piperidine rings is 1. The van der Waals surface area contributed by atoms with Gasteiger partial charge in [0.15, 0.2) is 0 Å². The lowest BCUT2D eigenvalue weighted by atomic mass is 9.91. The van der Waals surface area contributed by atoms with E-state index in [-0.39, 0.29) is 0 Å². The van der Waals surface area contributed by atoms with E-state index in [2.05, 4.69) is 23.4 Å². The second-order valence-corrected chi connectivity index (χ2v) is 8.25. The number of rotatable bonds is 5. The summed E-state index contributed by atoms with van der Waals surface area (Å²) in [5.74, 6) is 0.348. The lowest BCUT2D eigenvalue weighted by Gasteiger charge is -2.37. The van der Waals surface area contributed by atoms with Crippen LogP contribution in [0.4, 0.5) is 0 Å². The molecule has 3 heterocycles. The van der Waals surface area contributed by atoms with E-state index in [0.29, 0.717) is 25.0 Å². The fraction of sp³-hybridized carbons (Fsp3) is 0.562. The van der Waals surface area contributed by atoms with E-state index < -0.39 is 10.0 Å². The maximum atomic E-state index is 11.7. The molecule has 0 amide bonds. The molecule has 0 radical (unpaired) electrons. The SMILES string of the molecule is CC[C@H]1CN(S(C)(=O)=O)CC[C@H]1NCc1cnn2ccccc12. The van der Waals surface area contributed by atoms with Gasteiger partial charge in [0.1, 0.15) is 0 Å². The van der Waals surface area contributed by atoms with Crippen LogP contribution in [0.25, 0.3) is 5.52 Å². The molecular weight excluding hydrogens is 312 g/mol. The third-order valence-electron chi connectivity index (χ3n) is 4.75. The number of nitrogens with one attached hydrogen (secondary N) is 1. The van der Waals surface area contributed by atoms with Crippen molar-refractivity contribution in [2.75, 3.05) is 19.3 Å². The molecule has 0 spiro atoms. The van der Waals surface area contributed by atoms with Crippen LogP contribution in [-0.4, -0.2) is 47.7 Å². The van der Waals surface area contributed by atoms with Crippen molar-refractivity contribution in [3.05, 3.63) is 36.2 Å². The first kappa shape index (κ1) is 16.4. The van der Waals surface area contributed by atoms with Crippen molar-refractivity contribution in [1.29, 1.82) is 0 Å². The molecule has 2 atom stereocenters. The van der Waals surface area contributed by atoms with Gasteiger partial charge in [-0.15, -0.1) is 0 Å². The lowest BCUT2D eigenvalue weighted by Crippen LogP contribution is -2.50. The number of hydrogen-bond acceptors (Lipinski definition) is 4. The fourth-order valence-corrected chi connectivity index (χ4v) is 4.25. The Morgan fingerprint density at radius 3 is 2.96 bits per heavy atom. The number of aromatic nitrogens is 2. The predicted molar refractivity (Wildman–Crippen MR) is 90.6 cm³/mol. The van der Waals surface area contributed by atoms with E-state index in [0.717, 1.165) is 24.9 Å². The number of sulfonamides is 1. The summed E-state index contributed by atoms with van der Waals surface area (Å²) in [6.45, 7) is 4.09. The Bertz CT molecular complexity index is 771. The van der Waals surface area contributed by atoms with E-state index in [1.54, 1.807) is 4.31 Å². The molecule has 0 aliphatic carbocycles. The van der Waals surface area contributed by atoms with Crippen LogP contribution in [0.5, 0.6) is 0 Å². The van der Waals surface area contributed by atoms with Crippen LogP contribution in [0, 0.1) is 5.92 Å². The molecule has 7 heteroatoms. The largest absolute Gasteiger partial charge is 0.309 e. The van der Waals surface area contributed by atoms with Crippen molar-refractivity contribution < 1.29 is 8.42 Å². The highest BCUT2D eigenvalue weighted by atomic mass is 32.2. The Morgan fingerprint density at radius 2 is 2.22 bits per heavy atom. The molecule has 3 rings (SSSR count). The van der Waals surface area contributed by atoms with Crippen LogP contribution in [0.1, 0.15) is 25.3 Å². The van der Waals surface area contributed by atoms with Gasteiger partial charge in [0.25, 0.3) is 0 Å². The highest BCUT2D eigenvalue weighted by Crippen LogP contribution is 2.22. The summed E-state index contributed by atoms with van der Waals surface area (Å²) < 4.78 is 27.0. The van der Waals surface area contributed by atoms with Crippen LogP contribution >= 0.6 is 0 Å². The van der Waals surface area contributed by atoms with Gasteiger partial charge < -0.3 is 5.32 Å². The Balaban J connectivity index is 1.66. The van der Waals surface area contributed by atoms with Gasteiger partial charge in [0, 0.05) is 37.4 Å². The minimum atomic E-state index is -3.09. The van der Waals surface area contributed by atoms with Crippen LogP contribution < -0.4 is 5.32 Å². The van der Waals surface area contributed by atoms with Crippen LogP contribution in [-0.2, 0) is 16.6 Å². The first-order valence-electron chi connectivity index (χ1n) is 8.08. The summed E-state index contributed by atoms with van der Waals surface area (Å²) in [4.78, 5) is 0. The molecule has 0 aromatic carbocycles. The molecule has 2 aromatic rings. The normalized spacial score (nSPS) is 23.4. The minimum absolute atomic E-state index is 0.344. The highest BCUT2D eigenvalue weighted by Gasteiger charge is 2.31. The van der Waals surface area contributed by atoms with Crippen molar-refractivity contribution >= 4 is 15.5 Å². The van der Waals surface area contributed by atoms with E-state index in [1.165, 1.54) is 11.8 Å². The molecule has 1 saturated heterocycles. The topological polar surface area (TPSA) is 66.7 Å². The van der Waals surface area contributed by atoms with Crippen molar-refractivity contribution in [2.45, 2.75) is 32.4 Å². The van der Waals surface area contributed by atoms with Gasteiger partial charge >= 0.3 is 0 Å². The third-order valence-corrected chi connectivity index (χ3v) is 6.02. The zero-order chi connectivity index (χ0) is 16.4. The summed E-state index contributed by atoms with van der Waals surface area (Å²) in [6, 6.07) is 6.38. The lowest BCUT2D eigenvalue weighted by molar-refractivity contribution is 0.202. The molecule has 1 N–H and O–H groups in total. The van der Waals surface area contributed by atoms with Crippen LogP contribution in [0.2, 0.25) is 0 Å². The Kier molecular flexibility index (Phi) is 4.70. The molecule has 6 nitrogen and oxygen atoms in total. The van der Waals surface area contributed by atoms with Gasteiger partial charge in [-0.05, 0) is 24.5 Å². The summed E-state index contributed by atoms with van der Waals surface area (Å²) in [6.07, 6.45) is 6.96. The average Bonchev–Trinajstić information content (AvgIpc) is 2.95. The second kappa shape index (κ2) is 6.59.